The van der Waals surface area contributed by atoms with E-state index in [2.05, 4.69) is 15.8 Å². The van der Waals surface area contributed by atoms with E-state index in [1.54, 1.807) is 17.3 Å². The first kappa shape index (κ1) is 9.80. The van der Waals surface area contributed by atoms with Gasteiger partial charge in [-0.05, 0) is 19.2 Å². The highest BCUT2D eigenvalue weighted by Gasteiger charge is 2.34. The summed E-state index contributed by atoms with van der Waals surface area (Å²) in [6, 6.07) is 5.88. The Labute approximate surface area is 97.2 Å². The summed E-state index contributed by atoms with van der Waals surface area (Å²) >= 11 is 1.58. The quantitative estimate of drug-likeness (QED) is 0.804. The Bertz CT molecular complexity index is 442. The summed E-state index contributed by atoms with van der Waals surface area (Å²) in [6.45, 7) is 0.294. The van der Waals surface area contributed by atoms with Gasteiger partial charge in [0.05, 0.1) is 5.55 Å². The van der Waals surface area contributed by atoms with Gasteiger partial charge in [-0.3, -0.25) is 10.7 Å². The molecule has 0 amide bonds. The molecule has 1 atom stereocenters. The fourth-order valence-corrected chi connectivity index (χ4v) is 2.51. The van der Waals surface area contributed by atoms with Gasteiger partial charge in [-0.15, -0.1) is 0 Å². The average Bonchev–Trinajstić information content (AvgIpc) is 2.97. The molecule has 0 fully saturated rings. The van der Waals surface area contributed by atoms with E-state index in [1.165, 1.54) is 0 Å². The number of thioether (sulfide) groups is 1. The maximum Gasteiger partial charge on any atom is 0.231 e. The molecule has 16 heavy (non-hydrogen) atoms. The topological polar surface area (TPSA) is 54.9 Å². The van der Waals surface area contributed by atoms with Gasteiger partial charge in [-0.2, -0.15) is 5.10 Å². The van der Waals surface area contributed by atoms with Gasteiger partial charge in [0.25, 0.3) is 0 Å². The Morgan fingerprint density at radius 3 is 3.06 bits per heavy atom. The number of nitrogens with one attached hydrogen (secondary N) is 2. The molecule has 2 N–H and O–H groups in total. The summed E-state index contributed by atoms with van der Waals surface area (Å²) in [4.78, 5) is -0.402. The van der Waals surface area contributed by atoms with Crippen LogP contribution >= 0.6 is 11.8 Å². The molecule has 0 bridgehead atoms. The van der Waals surface area contributed by atoms with Crippen molar-refractivity contribution < 1.29 is 9.47 Å². The van der Waals surface area contributed by atoms with Crippen molar-refractivity contribution in [3.05, 3.63) is 23.8 Å². The van der Waals surface area contributed by atoms with Crippen LogP contribution < -0.4 is 20.2 Å². The van der Waals surface area contributed by atoms with E-state index in [4.69, 9.17) is 9.47 Å². The standard InChI is InChI=1S/C10H11N3O2S/c1-11-10(13-12-5-16-10)7-2-3-8-9(4-7)15-6-14-8/h2-5,11,13H,6H2,1H3. The lowest BCUT2D eigenvalue weighted by Crippen LogP contribution is -2.44. The van der Waals surface area contributed by atoms with Crippen LogP contribution in [0, 0.1) is 0 Å². The maximum atomic E-state index is 5.36. The van der Waals surface area contributed by atoms with Crippen LogP contribution in [0.2, 0.25) is 0 Å². The first-order valence-corrected chi connectivity index (χ1v) is 5.77. The highest BCUT2D eigenvalue weighted by molar-refractivity contribution is 8.13. The highest BCUT2D eigenvalue weighted by atomic mass is 32.2. The predicted octanol–water partition coefficient (Wildman–Crippen LogP) is 1.02. The smallest absolute Gasteiger partial charge is 0.231 e. The molecule has 0 spiro atoms. The largest absolute Gasteiger partial charge is 0.454 e. The van der Waals surface area contributed by atoms with Crippen LogP contribution in [0.25, 0.3) is 0 Å². The summed E-state index contributed by atoms with van der Waals surface area (Å²) < 4.78 is 10.6. The SMILES string of the molecule is CNC1(c2ccc3c(c2)OCO3)NN=CS1. The van der Waals surface area contributed by atoms with Gasteiger partial charge in [-0.25, -0.2) is 0 Å². The maximum absolute atomic E-state index is 5.36. The molecule has 5 nitrogen and oxygen atoms in total. The molecule has 1 aromatic rings. The zero-order valence-electron chi connectivity index (χ0n) is 8.69. The number of nitrogens with zero attached hydrogens (tertiary/aromatic N) is 1. The third kappa shape index (κ3) is 1.34. The van der Waals surface area contributed by atoms with Crippen LogP contribution in [0.4, 0.5) is 0 Å². The van der Waals surface area contributed by atoms with Gasteiger partial charge < -0.3 is 9.47 Å². The van der Waals surface area contributed by atoms with Crippen molar-refractivity contribution in [1.82, 2.24) is 10.7 Å². The van der Waals surface area contributed by atoms with E-state index < -0.39 is 4.99 Å². The van der Waals surface area contributed by atoms with Gasteiger partial charge in [0.1, 0.15) is 0 Å². The summed E-state index contributed by atoms with van der Waals surface area (Å²) in [7, 11) is 1.89. The lowest BCUT2D eigenvalue weighted by Gasteiger charge is -2.27. The van der Waals surface area contributed by atoms with Crippen molar-refractivity contribution in [2.75, 3.05) is 13.8 Å². The molecule has 0 aliphatic carbocycles. The fraction of sp³-hybridized carbons (Fsp3) is 0.300. The second kappa shape index (κ2) is 3.57. The molecule has 0 radical (unpaired) electrons. The fourth-order valence-electron chi connectivity index (χ4n) is 1.76. The number of hydrogen-bond acceptors (Lipinski definition) is 6. The lowest BCUT2D eigenvalue weighted by atomic mass is 10.1. The first-order valence-electron chi connectivity index (χ1n) is 4.90. The van der Waals surface area contributed by atoms with E-state index in [0.717, 1.165) is 17.1 Å². The number of hydrogen-bond donors (Lipinski definition) is 2. The summed E-state index contributed by atoms with van der Waals surface area (Å²) in [6.07, 6.45) is 0. The van der Waals surface area contributed by atoms with Crippen LogP contribution in [0.15, 0.2) is 23.3 Å². The number of ether oxygens (including phenoxy) is 2. The van der Waals surface area contributed by atoms with Crippen LogP contribution in [0.1, 0.15) is 5.56 Å². The van der Waals surface area contributed by atoms with Crippen LogP contribution in [-0.2, 0) is 4.99 Å². The molecule has 2 aliphatic rings. The van der Waals surface area contributed by atoms with Crippen LogP contribution in [-0.4, -0.2) is 19.4 Å². The zero-order chi connectivity index (χ0) is 11.0. The molecule has 2 aliphatic heterocycles. The van der Waals surface area contributed by atoms with Crippen molar-refractivity contribution in [3.8, 4) is 11.5 Å². The highest BCUT2D eigenvalue weighted by Crippen LogP contribution is 2.39. The van der Waals surface area contributed by atoms with E-state index in [9.17, 15) is 0 Å². The minimum absolute atomic E-state index is 0.294. The summed E-state index contributed by atoms with van der Waals surface area (Å²) in [5.41, 5.74) is 5.89. The van der Waals surface area contributed by atoms with Gasteiger partial charge >= 0.3 is 0 Å². The Morgan fingerprint density at radius 1 is 1.44 bits per heavy atom. The van der Waals surface area contributed by atoms with Gasteiger partial charge in [-0.1, -0.05) is 17.8 Å². The second-order valence-electron chi connectivity index (χ2n) is 3.46. The number of rotatable bonds is 2. The van der Waals surface area contributed by atoms with Gasteiger partial charge in [0.2, 0.25) is 6.79 Å². The van der Waals surface area contributed by atoms with Crippen molar-refractivity contribution in [1.29, 1.82) is 0 Å². The molecule has 1 unspecified atom stereocenters. The first-order chi connectivity index (χ1) is 7.84. The number of hydrazone groups is 1. The third-order valence-electron chi connectivity index (χ3n) is 2.64. The Hall–Kier alpha value is -1.40. The second-order valence-corrected chi connectivity index (χ2v) is 4.52. The normalized spacial score (nSPS) is 25.8. The third-order valence-corrected chi connectivity index (χ3v) is 3.73. The molecule has 0 saturated carbocycles. The number of benzene rings is 1. The van der Waals surface area contributed by atoms with E-state index in [-0.39, 0.29) is 0 Å². The molecule has 2 heterocycles. The molecular formula is C10H11N3O2S. The van der Waals surface area contributed by atoms with Crippen molar-refractivity contribution in [2.45, 2.75) is 4.99 Å². The Balaban J connectivity index is 2.00. The van der Waals surface area contributed by atoms with E-state index in [0.29, 0.717) is 6.79 Å². The predicted molar refractivity (Wildman–Crippen MR) is 62.5 cm³/mol. The van der Waals surface area contributed by atoms with Crippen LogP contribution in [0.5, 0.6) is 11.5 Å². The lowest BCUT2D eigenvalue weighted by molar-refractivity contribution is 0.174. The van der Waals surface area contributed by atoms with Crippen LogP contribution in [0.3, 0.4) is 0 Å². The number of fused-ring (bicyclic) bond motifs is 1. The van der Waals surface area contributed by atoms with Crippen molar-refractivity contribution in [2.24, 2.45) is 5.10 Å². The Kier molecular flexibility index (Phi) is 2.19. The molecule has 6 heteroatoms. The van der Waals surface area contributed by atoms with Gasteiger partial charge in [0, 0.05) is 5.56 Å². The Morgan fingerprint density at radius 2 is 2.31 bits per heavy atom. The summed E-state index contributed by atoms with van der Waals surface area (Å²) in [5, 5.41) is 7.25. The minimum Gasteiger partial charge on any atom is -0.454 e. The molecule has 84 valence electrons. The van der Waals surface area contributed by atoms with Crippen molar-refractivity contribution >= 4 is 17.3 Å². The minimum atomic E-state index is -0.402. The molecular weight excluding hydrogens is 226 g/mol. The van der Waals surface area contributed by atoms with E-state index >= 15 is 0 Å². The van der Waals surface area contributed by atoms with Gasteiger partial charge in [0.15, 0.2) is 16.5 Å². The van der Waals surface area contributed by atoms with Crippen molar-refractivity contribution in [3.63, 3.8) is 0 Å². The van der Waals surface area contributed by atoms with E-state index in [1.807, 2.05) is 25.2 Å². The average molecular weight is 237 g/mol. The zero-order valence-corrected chi connectivity index (χ0v) is 9.50. The molecule has 0 aromatic heterocycles. The summed E-state index contributed by atoms with van der Waals surface area (Å²) in [5.74, 6) is 1.57. The monoisotopic (exact) mass is 237 g/mol. The molecule has 1 aromatic carbocycles. The molecule has 0 saturated heterocycles. The molecule has 3 rings (SSSR count).